The van der Waals surface area contributed by atoms with Gasteiger partial charge in [-0.1, -0.05) is 0 Å². The Kier molecular flexibility index (Phi) is 3.46. The Labute approximate surface area is 89.2 Å². The highest BCUT2D eigenvalue weighted by Crippen LogP contribution is 2.29. The summed E-state index contributed by atoms with van der Waals surface area (Å²) >= 11 is 3.13. The van der Waals surface area contributed by atoms with Gasteiger partial charge in [0.15, 0.2) is 11.6 Å². The van der Waals surface area contributed by atoms with Gasteiger partial charge in [-0.15, -0.1) is 0 Å². The summed E-state index contributed by atoms with van der Waals surface area (Å²) in [6.45, 7) is 0. The minimum Gasteiger partial charge on any atom is -0.492 e. The van der Waals surface area contributed by atoms with E-state index in [4.69, 9.17) is 10.5 Å². The number of halogens is 2. The summed E-state index contributed by atoms with van der Waals surface area (Å²) in [7, 11) is 1.37. The SMILES string of the molecule is COc1c(F)cc(CC(N)=O)cc1Br. The lowest BCUT2D eigenvalue weighted by Crippen LogP contribution is -2.13. The molecule has 2 N–H and O–H groups in total. The summed E-state index contributed by atoms with van der Waals surface area (Å²) in [6.07, 6.45) is 0.0134. The maximum atomic E-state index is 13.3. The van der Waals surface area contributed by atoms with Gasteiger partial charge >= 0.3 is 0 Å². The van der Waals surface area contributed by atoms with Crippen molar-refractivity contribution in [2.24, 2.45) is 5.73 Å². The van der Waals surface area contributed by atoms with Crippen LogP contribution in [0.15, 0.2) is 16.6 Å². The van der Waals surface area contributed by atoms with Crippen molar-refractivity contribution in [3.63, 3.8) is 0 Å². The van der Waals surface area contributed by atoms with Crippen LogP contribution in [0.3, 0.4) is 0 Å². The van der Waals surface area contributed by atoms with Crippen molar-refractivity contribution < 1.29 is 13.9 Å². The van der Waals surface area contributed by atoms with E-state index in [1.807, 2.05) is 0 Å². The molecule has 0 saturated carbocycles. The minimum absolute atomic E-state index is 0.0134. The summed E-state index contributed by atoms with van der Waals surface area (Å²) in [5, 5.41) is 0. The molecule has 1 rings (SSSR count). The van der Waals surface area contributed by atoms with Crippen molar-refractivity contribution in [1.29, 1.82) is 0 Å². The van der Waals surface area contributed by atoms with Crippen LogP contribution in [0.4, 0.5) is 4.39 Å². The molecular weight excluding hydrogens is 253 g/mol. The molecule has 0 aliphatic rings. The smallest absolute Gasteiger partial charge is 0.221 e. The zero-order valence-electron chi connectivity index (χ0n) is 7.51. The molecule has 0 spiro atoms. The van der Waals surface area contributed by atoms with E-state index in [2.05, 4.69) is 15.9 Å². The van der Waals surface area contributed by atoms with Gasteiger partial charge in [0.05, 0.1) is 18.0 Å². The standard InChI is InChI=1S/C9H9BrFNO2/c1-14-9-6(10)2-5(3-7(9)11)4-8(12)13/h2-3H,4H2,1H3,(H2,12,13). The van der Waals surface area contributed by atoms with Crippen molar-refractivity contribution in [3.8, 4) is 5.75 Å². The second-order valence-corrected chi connectivity index (χ2v) is 3.59. The van der Waals surface area contributed by atoms with Gasteiger partial charge in [0, 0.05) is 0 Å². The highest BCUT2D eigenvalue weighted by atomic mass is 79.9. The molecule has 1 amide bonds. The first-order chi connectivity index (χ1) is 6.54. The van der Waals surface area contributed by atoms with Gasteiger partial charge in [0.2, 0.25) is 5.91 Å². The predicted molar refractivity (Wildman–Crippen MR) is 53.6 cm³/mol. The van der Waals surface area contributed by atoms with Crippen LogP contribution < -0.4 is 10.5 Å². The van der Waals surface area contributed by atoms with Gasteiger partial charge in [0.1, 0.15) is 0 Å². The van der Waals surface area contributed by atoms with E-state index in [-0.39, 0.29) is 12.2 Å². The lowest BCUT2D eigenvalue weighted by molar-refractivity contribution is -0.117. The van der Waals surface area contributed by atoms with Crippen LogP contribution in [-0.4, -0.2) is 13.0 Å². The number of rotatable bonds is 3. The van der Waals surface area contributed by atoms with Gasteiger partial charge in [-0.05, 0) is 33.6 Å². The number of nitrogens with two attached hydrogens (primary N) is 1. The molecule has 3 nitrogen and oxygen atoms in total. The van der Waals surface area contributed by atoms with Gasteiger partial charge in [-0.25, -0.2) is 4.39 Å². The van der Waals surface area contributed by atoms with Crippen LogP contribution in [-0.2, 0) is 11.2 Å². The Hall–Kier alpha value is -1.10. The molecule has 14 heavy (non-hydrogen) atoms. The molecule has 0 aliphatic carbocycles. The third-order valence-corrected chi connectivity index (χ3v) is 2.23. The fourth-order valence-corrected chi connectivity index (χ4v) is 1.76. The van der Waals surface area contributed by atoms with Gasteiger partial charge in [0.25, 0.3) is 0 Å². The second kappa shape index (κ2) is 4.41. The minimum atomic E-state index is -0.516. The van der Waals surface area contributed by atoms with E-state index in [0.717, 1.165) is 0 Å². The van der Waals surface area contributed by atoms with Crippen molar-refractivity contribution in [2.75, 3.05) is 7.11 Å². The number of hydrogen-bond donors (Lipinski definition) is 1. The second-order valence-electron chi connectivity index (χ2n) is 2.74. The van der Waals surface area contributed by atoms with E-state index in [0.29, 0.717) is 10.0 Å². The average molecular weight is 262 g/mol. The monoisotopic (exact) mass is 261 g/mol. The molecule has 0 atom stereocenters. The fraction of sp³-hybridized carbons (Fsp3) is 0.222. The van der Waals surface area contributed by atoms with E-state index in [9.17, 15) is 9.18 Å². The molecule has 0 aliphatic heterocycles. The third kappa shape index (κ3) is 2.45. The highest BCUT2D eigenvalue weighted by Gasteiger charge is 2.10. The molecule has 5 heteroatoms. The fourth-order valence-electron chi connectivity index (χ4n) is 1.11. The Morgan fingerprint density at radius 1 is 1.64 bits per heavy atom. The molecule has 1 aromatic rings. The van der Waals surface area contributed by atoms with E-state index >= 15 is 0 Å². The first kappa shape index (κ1) is 11.0. The summed E-state index contributed by atoms with van der Waals surface area (Å²) in [5.41, 5.74) is 5.50. The number of carbonyl (C=O) groups excluding carboxylic acids is 1. The lowest BCUT2D eigenvalue weighted by atomic mass is 10.1. The molecular formula is C9H9BrFNO2. The topological polar surface area (TPSA) is 52.3 Å². The zero-order chi connectivity index (χ0) is 10.7. The van der Waals surface area contributed by atoms with Crippen molar-refractivity contribution in [3.05, 3.63) is 28.0 Å². The zero-order valence-corrected chi connectivity index (χ0v) is 9.10. The van der Waals surface area contributed by atoms with E-state index < -0.39 is 11.7 Å². The van der Waals surface area contributed by atoms with Crippen LogP contribution >= 0.6 is 15.9 Å². The molecule has 0 aromatic heterocycles. The lowest BCUT2D eigenvalue weighted by Gasteiger charge is -2.06. The predicted octanol–water partition coefficient (Wildman–Crippen LogP) is 1.62. The summed E-state index contributed by atoms with van der Waals surface area (Å²) < 4.78 is 18.5. The number of amides is 1. The summed E-state index contributed by atoms with van der Waals surface area (Å²) in [5.74, 6) is -0.891. The number of benzene rings is 1. The number of methoxy groups -OCH3 is 1. The highest BCUT2D eigenvalue weighted by molar-refractivity contribution is 9.10. The van der Waals surface area contributed by atoms with Crippen molar-refractivity contribution in [2.45, 2.75) is 6.42 Å². The molecule has 0 radical (unpaired) electrons. The Bertz CT molecular complexity index is 345. The van der Waals surface area contributed by atoms with Crippen molar-refractivity contribution in [1.82, 2.24) is 0 Å². The van der Waals surface area contributed by atoms with Crippen LogP contribution in [0.2, 0.25) is 0 Å². The van der Waals surface area contributed by atoms with Gasteiger partial charge in [-0.3, -0.25) is 4.79 Å². The summed E-state index contributed by atoms with van der Waals surface area (Å²) in [4.78, 5) is 10.6. The molecule has 0 fully saturated rings. The maximum absolute atomic E-state index is 13.3. The normalized spacial score (nSPS) is 9.93. The molecule has 76 valence electrons. The van der Waals surface area contributed by atoms with Crippen LogP contribution in [0.1, 0.15) is 5.56 Å². The Morgan fingerprint density at radius 2 is 2.29 bits per heavy atom. The van der Waals surface area contributed by atoms with Gasteiger partial charge in [-0.2, -0.15) is 0 Å². The van der Waals surface area contributed by atoms with Gasteiger partial charge < -0.3 is 10.5 Å². The molecule has 0 heterocycles. The number of carbonyl (C=O) groups is 1. The van der Waals surface area contributed by atoms with E-state index in [1.165, 1.54) is 13.2 Å². The largest absolute Gasteiger partial charge is 0.492 e. The van der Waals surface area contributed by atoms with Crippen LogP contribution in [0.5, 0.6) is 5.75 Å². The molecule has 0 bridgehead atoms. The first-order valence-electron chi connectivity index (χ1n) is 3.84. The summed E-state index contributed by atoms with van der Waals surface area (Å²) in [6, 6.07) is 2.83. The third-order valence-electron chi connectivity index (χ3n) is 1.64. The first-order valence-corrected chi connectivity index (χ1v) is 4.64. The molecule has 0 saturated heterocycles. The Balaban J connectivity index is 3.07. The Morgan fingerprint density at radius 3 is 2.71 bits per heavy atom. The molecule has 1 aromatic carbocycles. The van der Waals surface area contributed by atoms with Crippen LogP contribution in [0.25, 0.3) is 0 Å². The molecule has 0 unspecified atom stereocenters. The maximum Gasteiger partial charge on any atom is 0.221 e. The van der Waals surface area contributed by atoms with E-state index in [1.54, 1.807) is 6.07 Å². The quantitative estimate of drug-likeness (QED) is 0.899. The number of primary amides is 1. The van der Waals surface area contributed by atoms with Crippen molar-refractivity contribution >= 4 is 21.8 Å². The van der Waals surface area contributed by atoms with Crippen LogP contribution in [0, 0.1) is 5.82 Å². The number of ether oxygens (including phenoxy) is 1. The average Bonchev–Trinajstić information content (AvgIpc) is 2.01. The number of hydrogen-bond acceptors (Lipinski definition) is 2.